The highest BCUT2D eigenvalue weighted by Gasteiger charge is 2.28. The van der Waals surface area contributed by atoms with E-state index < -0.39 is 5.60 Å². The number of carbonyl (C=O) groups excluding carboxylic acids is 2. The Labute approximate surface area is 145 Å². The van der Waals surface area contributed by atoms with Crippen LogP contribution in [0, 0.1) is 0 Å². The van der Waals surface area contributed by atoms with E-state index in [1.165, 1.54) is 6.07 Å². The Morgan fingerprint density at radius 1 is 1.48 bits per heavy atom. The quantitative estimate of drug-likeness (QED) is 0.509. The zero-order chi connectivity index (χ0) is 18.4. The van der Waals surface area contributed by atoms with E-state index in [4.69, 9.17) is 14.7 Å². The zero-order valence-corrected chi connectivity index (χ0v) is 14.7. The lowest BCUT2D eigenvalue weighted by Crippen LogP contribution is -2.50. The average Bonchev–Trinajstić information content (AvgIpc) is 3.00. The average molecular weight is 349 g/mol. The Bertz CT molecular complexity index is 672. The molecule has 2 rings (SSSR count). The molecule has 1 N–H and O–H groups in total. The summed E-state index contributed by atoms with van der Waals surface area (Å²) < 4.78 is 10.7. The maximum atomic E-state index is 12.3. The molecule has 1 unspecified atom stereocenters. The summed E-state index contributed by atoms with van der Waals surface area (Å²) >= 11 is 0. The van der Waals surface area contributed by atoms with Crippen LogP contribution in [-0.4, -0.2) is 41.6 Å². The fraction of sp³-hybridized carbons (Fsp3) is 0.625. The molecule has 0 radical (unpaired) electrons. The smallest absolute Gasteiger partial charge is 0.410 e. The van der Waals surface area contributed by atoms with Gasteiger partial charge in [0.05, 0.1) is 6.54 Å². The van der Waals surface area contributed by atoms with Crippen molar-refractivity contribution in [3.63, 3.8) is 0 Å². The largest absolute Gasteiger partial charge is 0.456 e. The molecule has 1 fully saturated rings. The summed E-state index contributed by atoms with van der Waals surface area (Å²) in [5.41, 5.74) is 7.74. The summed E-state index contributed by atoms with van der Waals surface area (Å²) in [7, 11) is 0. The topological polar surface area (TPSA) is 121 Å². The second-order valence-corrected chi connectivity index (χ2v) is 6.89. The number of nitrogens with one attached hydrogen (secondary N) is 1. The van der Waals surface area contributed by atoms with Crippen LogP contribution >= 0.6 is 0 Å². The van der Waals surface area contributed by atoms with Gasteiger partial charge in [0.25, 0.3) is 5.91 Å². The highest BCUT2D eigenvalue weighted by atomic mass is 16.6. The SMILES string of the molecule is CC(C)(C)OC(=O)N1CCCC(NC(=O)c2ccc(CN=[N+]=[N-])o2)C1. The first-order valence-electron chi connectivity index (χ1n) is 8.17. The third-order valence-corrected chi connectivity index (χ3v) is 3.58. The van der Waals surface area contributed by atoms with Crippen LogP contribution in [-0.2, 0) is 11.3 Å². The highest BCUT2D eigenvalue weighted by molar-refractivity contribution is 5.91. The van der Waals surface area contributed by atoms with E-state index in [9.17, 15) is 9.59 Å². The number of nitrogens with zero attached hydrogens (tertiary/aromatic N) is 4. The van der Waals surface area contributed by atoms with Gasteiger partial charge in [-0.2, -0.15) is 0 Å². The molecule has 136 valence electrons. The molecule has 1 aliphatic heterocycles. The van der Waals surface area contributed by atoms with Gasteiger partial charge in [-0.15, -0.1) is 0 Å². The van der Waals surface area contributed by atoms with Gasteiger partial charge in [-0.05, 0) is 51.3 Å². The van der Waals surface area contributed by atoms with Crippen LogP contribution in [0.1, 0.15) is 49.9 Å². The fourth-order valence-electron chi connectivity index (χ4n) is 2.53. The first-order valence-corrected chi connectivity index (χ1v) is 8.17. The number of rotatable bonds is 4. The molecule has 0 aromatic carbocycles. The number of piperidine rings is 1. The van der Waals surface area contributed by atoms with Crippen molar-refractivity contribution in [1.82, 2.24) is 10.2 Å². The van der Waals surface area contributed by atoms with Gasteiger partial charge in [-0.3, -0.25) is 4.79 Å². The van der Waals surface area contributed by atoms with Crippen molar-refractivity contribution in [2.75, 3.05) is 13.1 Å². The minimum atomic E-state index is -0.552. The Morgan fingerprint density at radius 3 is 2.92 bits per heavy atom. The summed E-state index contributed by atoms with van der Waals surface area (Å²) in [5.74, 6) is 0.211. The summed E-state index contributed by atoms with van der Waals surface area (Å²) in [6.07, 6.45) is 1.18. The minimum absolute atomic E-state index is 0.0552. The Kier molecular flexibility index (Phi) is 5.93. The zero-order valence-electron chi connectivity index (χ0n) is 14.7. The number of carbonyl (C=O) groups is 2. The summed E-state index contributed by atoms with van der Waals surface area (Å²) in [6, 6.07) is 2.96. The van der Waals surface area contributed by atoms with Crippen molar-refractivity contribution in [3.05, 3.63) is 34.1 Å². The minimum Gasteiger partial charge on any atom is -0.456 e. The highest BCUT2D eigenvalue weighted by Crippen LogP contribution is 2.16. The summed E-state index contributed by atoms with van der Waals surface area (Å²) in [5, 5.41) is 6.25. The van der Waals surface area contributed by atoms with Crippen molar-refractivity contribution in [2.45, 2.75) is 51.8 Å². The van der Waals surface area contributed by atoms with Crippen molar-refractivity contribution in [3.8, 4) is 0 Å². The molecule has 1 aromatic rings. The summed E-state index contributed by atoms with van der Waals surface area (Å²) in [6.45, 7) is 6.52. The second-order valence-electron chi connectivity index (χ2n) is 6.89. The third-order valence-electron chi connectivity index (χ3n) is 3.58. The van der Waals surface area contributed by atoms with Gasteiger partial charge in [0, 0.05) is 24.0 Å². The Morgan fingerprint density at radius 2 is 2.24 bits per heavy atom. The second kappa shape index (κ2) is 7.94. The van der Waals surface area contributed by atoms with Crippen molar-refractivity contribution < 1.29 is 18.7 Å². The van der Waals surface area contributed by atoms with Crippen LogP contribution in [0.2, 0.25) is 0 Å². The molecular formula is C16H23N5O4. The number of amides is 2. The van der Waals surface area contributed by atoms with Crippen LogP contribution in [0.5, 0.6) is 0 Å². The molecule has 0 bridgehead atoms. The summed E-state index contributed by atoms with van der Waals surface area (Å²) in [4.78, 5) is 28.7. The molecule has 1 saturated heterocycles. The predicted molar refractivity (Wildman–Crippen MR) is 89.9 cm³/mol. The molecule has 0 spiro atoms. The lowest BCUT2D eigenvalue weighted by Gasteiger charge is -2.34. The van der Waals surface area contributed by atoms with Gasteiger partial charge in [0.1, 0.15) is 11.4 Å². The molecule has 9 heteroatoms. The molecule has 0 aliphatic carbocycles. The molecule has 9 nitrogen and oxygen atoms in total. The molecule has 0 saturated carbocycles. The van der Waals surface area contributed by atoms with Crippen LogP contribution in [0.15, 0.2) is 21.7 Å². The number of ether oxygens (including phenoxy) is 1. The standard InChI is InChI=1S/C16H23N5O4/c1-16(2,3)25-15(23)21-8-4-5-11(10-21)19-14(22)13-7-6-12(24-13)9-18-20-17/h6-7,11H,4-5,8-10H2,1-3H3,(H,19,22). The van der Waals surface area contributed by atoms with Gasteiger partial charge >= 0.3 is 6.09 Å². The van der Waals surface area contributed by atoms with Crippen molar-refractivity contribution >= 4 is 12.0 Å². The van der Waals surface area contributed by atoms with Crippen molar-refractivity contribution in [1.29, 1.82) is 0 Å². The van der Waals surface area contributed by atoms with Crippen LogP contribution in [0.4, 0.5) is 4.79 Å². The number of likely N-dealkylation sites (tertiary alicyclic amines) is 1. The maximum Gasteiger partial charge on any atom is 0.410 e. The third kappa shape index (κ3) is 5.72. The van der Waals surface area contributed by atoms with Gasteiger partial charge < -0.3 is 19.4 Å². The monoisotopic (exact) mass is 349 g/mol. The van der Waals surface area contributed by atoms with E-state index in [0.29, 0.717) is 18.8 Å². The lowest BCUT2D eigenvalue weighted by atomic mass is 10.1. The number of hydrogen-bond acceptors (Lipinski definition) is 5. The molecule has 1 atom stereocenters. The molecule has 2 amide bonds. The van der Waals surface area contributed by atoms with E-state index in [2.05, 4.69) is 15.3 Å². The number of hydrogen-bond donors (Lipinski definition) is 1. The van der Waals surface area contributed by atoms with Crippen molar-refractivity contribution in [2.24, 2.45) is 5.11 Å². The van der Waals surface area contributed by atoms with Crippen LogP contribution in [0.25, 0.3) is 10.4 Å². The molecule has 2 heterocycles. The van der Waals surface area contributed by atoms with Gasteiger partial charge in [-0.1, -0.05) is 5.11 Å². The Hall–Kier alpha value is -2.67. The van der Waals surface area contributed by atoms with E-state index in [1.807, 2.05) is 20.8 Å². The van der Waals surface area contributed by atoms with Gasteiger partial charge in [0.15, 0.2) is 5.76 Å². The molecule has 1 aliphatic rings. The fourth-order valence-corrected chi connectivity index (χ4v) is 2.53. The number of azide groups is 1. The predicted octanol–water partition coefficient (Wildman–Crippen LogP) is 3.22. The van der Waals surface area contributed by atoms with E-state index in [1.54, 1.807) is 11.0 Å². The molecular weight excluding hydrogens is 326 g/mol. The number of furan rings is 1. The van der Waals surface area contributed by atoms with E-state index in [0.717, 1.165) is 12.8 Å². The first-order chi connectivity index (χ1) is 11.8. The molecule has 25 heavy (non-hydrogen) atoms. The van der Waals surface area contributed by atoms with E-state index in [-0.39, 0.29) is 30.3 Å². The Balaban J connectivity index is 1.91. The van der Waals surface area contributed by atoms with Crippen LogP contribution in [0.3, 0.4) is 0 Å². The van der Waals surface area contributed by atoms with Gasteiger partial charge in [0.2, 0.25) is 0 Å². The maximum absolute atomic E-state index is 12.3. The lowest BCUT2D eigenvalue weighted by molar-refractivity contribution is 0.0185. The van der Waals surface area contributed by atoms with E-state index >= 15 is 0 Å². The van der Waals surface area contributed by atoms with Crippen LogP contribution < -0.4 is 5.32 Å². The van der Waals surface area contributed by atoms with Gasteiger partial charge in [-0.25, -0.2) is 4.79 Å². The first kappa shape index (κ1) is 18.7. The molecule has 1 aromatic heterocycles. The normalized spacial score (nSPS) is 17.6.